The number of amides is 1. The van der Waals surface area contributed by atoms with E-state index in [4.69, 9.17) is 9.47 Å². The first-order valence-electron chi connectivity index (χ1n) is 6.38. The van der Waals surface area contributed by atoms with E-state index in [-0.39, 0.29) is 24.4 Å². The third kappa shape index (κ3) is 5.27. The van der Waals surface area contributed by atoms with Crippen molar-refractivity contribution in [3.8, 4) is 11.5 Å². The van der Waals surface area contributed by atoms with Gasteiger partial charge in [-0.25, -0.2) is 0 Å². The number of anilines is 1. The van der Waals surface area contributed by atoms with E-state index >= 15 is 0 Å². The van der Waals surface area contributed by atoms with Crippen LogP contribution in [0.5, 0.6) is 11.5 Å². The second-order valence-electron chi connectivity index (χ2n) is 4.23. The monoisotopic (exact) mass is 302 g/mol. The quantitative estimate of drug-likeness (QED) is 0.812. The van der Waals surface area contributed by atoms with Crippen LogP contribution in [0.3, 0.4) is 0 Å². The first-order valence-corrected chi connectivity index (χ1v) is 6.38. The molecule has 114 valence electrons. The Morgan fingerprint density at radius 1 is 1.25 bits per heavy atom. The predicted octanol–water partition coefficient (Wildman–Crippen LogP) is 2.45. The van der Waals surface area contributed by atoms with Gasteiger partial charge in [0.2, 0.25) is 5.91 Å². The van der Waals surface area contributed by atoms with Crippen molar-refractivity contribution in [2.24, 2.45) is 0 Å². The lowest BCUT2D eigenvalue weighted by Gasteiger charge is -2.14. The van der Waals surface area contributed by atoms with Gasteiger partial charge >= 0.3 is 0 Å². The van der Waals surface area contributed by atoms with Gasteiger partial charge in [-0.1, -0.05) is 6.92 Å². The van der Waals surface area contributed by atoms with Gasteiger partial charge in [0.25, 0.3) is 0 Å². The normalized spacial score (nSPS) is 11.2. The number of ether oxygens (including phenoxy) is 2. The van der Waals surface area contributed by atoms with Crippen molar-refractivity contribution in [1.82, 2.24) is 5.32 Å². The molecule has 0 saturated carbocycles. The summed E-state index contributed by atoms with van der Waals surface area (Å²) in [6.07, 6.45) is 0.994. The highest BCUT2D eigenvalue weighted by Gasteiger charge is 2.13. The van der Waals surface area contributed by atoms with E-state index in [1.807, 2.05) is 6.92 Å². The lowest BCUT2D eigenvalue weighted by molar-refractivity contribution is -0.117. The standard InChI is InChI=1S/C14H22N2O3.ClH/c1-5-8-15-10(2)14(17)16-11-6-7-12(18-3)13(9-11)19-4;/h6-7,9-10,15H,5,8H2,1-4H3,(H,16,17);1H. The van der Waals surface area contributed by atoms with Crippen molar-refractivity contribution in [3.63, 3.8) is 0 Å². The summed E-state index contributed by atoms with van der Waals surface area (Å²) in [6.45, 7) is 4.72. The molecule has 1 amide bonds. The molecule has 2 N–H and O–H groups in total. The van der Waals surface area contributed by atoms with E-state index in [1.54, 1.807) is 32.4 Å². The lowest BCUT2D eigenvalue weighted by Crippen LogP contribution is -2.38. The van der Waals surface area contributed by atoms with Gasteiger partial charge in [0.05, 0.1) is 20.3 Å². The van der Waals surface area contributed by atoms with Gasteiger partial charge in [-0.15, -0.1) is 12.4 Å². The van der Waals surface area contributed by atoms with Crippen LogP contribution >= 0.6 is 12.4 Å². The first-order chi connectivity index (χ1) is 9.12. The van der Waals surface area contributed by atoms with Gasteiger partial charge in [-0.3, -0.25) is 4.79 Å². The number of methoxy groups -OCH3 is 2. The van der Waals surface area contributed by atoms with Gasteiger partial charge in [0.15, 0.2) is 11.5 Å². The molecule has 0 fully saturated rings. The van der Waals surface area contributed by atoms with Crippen LogP contribution in [0.15, 0.2) is 18.2 Å². The second kappa shape index (κ2) is 9.44. The lowest BCUT2D eigenvalue weighted by atomic mass is 10.2. The maximum atomic E-state index is 11.9. The Hall–Kier alpha value is -1.46. The van der Waals surface area contributed by atoms with Crippen molar-refractivity contribution in [2.75, 3.05) is 26.1 Å². The summed E-state index contributed by atoms with van der Waals surface area (Å²) in [6, 6.07) is 5.06. The van der Waals surface area contributed by atoms with Crippen LogP contribution in [0.2, 0.25) is 0 Å². The molecular formula is C14H23ClN2O3. The average molecular weight is 303 g/mol. The van der Waals surface area contributed by atoms with Crippen LogP contribution in [0, 0.1) is 0 Å². The molecule has 6 heteroatoms. The van der Waals surface area contributed by atoms with Crippen LogP contribution < -0.4 is 20.1 Å². The zero-order valence-electron chi connectivity index (χ0n) is 12.4. The van der Waals surface area contributed by atoms with Crippen LogP contribution in [0.1, 0.15) is 20.3 Å². The Balaban J connectivity index is 0.00000361. The summed E-state index contributed by atoms with van der Waals surface area (Å²) in [4.78, 5) is 11.9. The summed E-state index contributed by atoms with van der Waals surface area (Å²) in [5, 5.41) is 5.98. The molecule has 1 unspecified atom stereocenters. The molecule has 0 radical (unpaired) electrons. The molecule has 0 bridgehead atoms. The van der Waals surface area contributed by atoms with E-state index in [0.29, 0.717) is 17.2 Å². The van der Waals surface area contributed by atoms with Crippen LogP contribution in [0.4, 0.5) is 5.69 Å². The Bertz CT molecular complexity index is 427. The molecule has 0 heterocycles. The van der Waals surface area contributed by atoms with Crippen LogP contribution in [0.25, 0.3) is 0 Å². The summed E-state index contributed by atoms with van der Waals surface area (Å²) in [7, 11) is 3.14. The SMILES string of the molecule is CCCNC(C)C(=O)Nc1ccc(OC)c(OC)c1.Cl. The smallest absolute Gasteiger partial charge is 0.241 e. The number of carbonyl (C=O) groups is 1. The predicted molar refractivity (Wildman–Crippen MR) is 83.2 cm³/mol. The largest absolute Gasteiger partial charge is 0.493 e. The summed E-state index contributed by atoms with van der Waals surface area (Å²) in [5.41, 5.74) is 0.688. The fraction of sp³-hybridized carbons (Fsp3) is 0.500. The highest BCUT2D eigenvalue weighted by molar-refractivity contribution is 5.94. The number of hydrogen-bond acceptors (Lipinski definition) is 4. The minimum Gasteiger partial charge on any atom is -0.493 e. The van der Waals surface area contributed by atoms with E-state index in [0.717, 1.165) is 13.0 Å². The minimum atomic E-state index is -0.229. The molecule has 1 atom stereocenters. The van der Waals surface area contributed by atoms with Crippen LogP contribution in [-0.2, 0) is 4.79 Å². The Morgan fingerprint density at radius 3 is 2.45 bits per heavy atom. The van der Waals surface area contributed by atoms with Crippen molar-refractivity contribution < 1.29 is 14.3 Å². The molecule has 1 aromatic carbocycles. The highest BCUT2D eigenvalue weighted by Crippen LogP contribution is 2.29. The molecule has 0 aromatic heterocycles. The second-order valence-corrected chi connectivity index (χ2v) is 4.23. The molecule has 0 spiro atoms. The van der Waals surface area contributed by atoms with E-state index in [2.05, 4.69) is 17.6 Å². The van der Waals surface area contributed by atoms with E-state index < -0.39 is 0 Å². The van der Waals surface area contributed by atoms with Gasteiger partial charge in [0.1, 0.15) is 0 Å². The Labute approximate surface area is 126 Å². The first kappa shape index (κ1) is 18.5. The summed E-state index contributed by atoms with van der Waals surface area (Å²) < 4.78 is 10.3. The molecule has 1 aromatic rings. The maximum absolute atomic E-state index is 11.9. The Morgan fingerprint density at radius 2 is 1.90 bits per heavy atom. The van der Waals surface area contributed by atoms with Gasteiger partial charge in [-0.2, -0.15) is 0 Å². The fourth-order valence-electron chi connectivity index (χ4n) is 1.62. The molecule has 0 aliphatic rings. The van der Waals surface area contributed by atoms with Crippen LogP contribution in [-0.4, -0.2) is 32.7 Å². The van der Waals surface area contributed by atoms with Crippen molar-refractivity contribution in [1.29, 1.82) is 0 Å². The molecule has 1 rings (SSSR count). The molecule has 20 heavy (non-hydrogen) atoms. The summed E-state index contributed by atoms with van der Waals surface area (Å²) >= 11 is 0. The number of carbonyl (C=O) groups excluding carboxylic acids is 1. The number of halogens is 1. The van der Waals surface area contributed by atoms with Gasteiger partial charge in [-0.05, 0) is 32.0 Å². The molecule has 0 aliphatic heterocycles. The average Bonchev–Trinajstić information content (AvgIpc) is 2.44. The molecule has 0 aliphatic carbocycles. The number of rotatable bonds is 7. The molecular weight excluding hydrogens is 280 g/mol. The third-order valence-electron chi connectivity index (χ3n) is 2.74. The molecule has 0 saturated heterocycles. The number of nitrogens with one attached hydrogen (secondary N) is 2. The zero-order valence-corrected chi connectivity index (χ0v) is 13.2. The van der Waals surface area contributed by atoms with Gasteiger partial charge in [0, 0.05) is 11.8 Å². The number of hydrogen-bond donors (Lipinski definition) is 2. The highest BCUT2D eigenvalue weighted by atomic mass is 35.5. The number of benzene rings is 1. The van der Waals surface area contributed by atoms with E-state index in [9.17, 15) is 4.79 Å². The third-order valence-corrected chi connectivity index (χ3v) is 2.74. The van der Waals surface area contributed by atoms with E-state index in [1.165, 1.54) is 0 Å². The maximum Gasteiger partial charge on any atom is 0.241 e. The molecule has 5 nitrogen and oxygen atoms in total. The van der Waals surface area contributed by atoms with Crippen molar-refractivity contribution >= 4 is 24.0 Å². The fourth-order valence-corrected chi connectivity index (χ4v) is 1.62. The van der Waals surface area contributed by atoms with Gasteiger partial charge < -0.3 is 20.1 Å². The van der Waals surface area contributed by atoms with Crippen molar-refractivity contribution in [3.05, 3.63) is 18.2 Å². The zero-order chi connectivity index (χ0) is 14.3. The summed E-state index contributed by atoms with van der Waals surface area (Å²) in [5.74, 6) is 1.16. The van der Waals surface area contributed by atoms with Crippen molar-refractivity contribution in [2.45, 2.75) is 26.3 Å². The Kier molecular flexibility index (Phi) is 8.76. The topological polar surface area (TPSA) is 59.6 Å². The minimum absolute atomic E-state index is 0.